The van der Waals surface area contributed by atoms with E-state index in [1.54, 1.807) is 0 Å². The fourth-order valence-electron chi connectivity index (χ4n) is 3.80. The Morgan fingerprint density at radius 1 is 1.14 bits per heavy atom. The smallest absolute Gasteiger partial charge is 0.0511 e. The van der Waals surface area contributed by atoms with Crippen LogP contribution in [0.2, 0.25) is 0 Å². The molecule has 1 aromatic carbocycles. The van der Waals surface area contributed by atoms with Gasteiger partial charge in [-0.25, -0.2) is 0 Å². The van der Waals surface area contributed by atoms with Crippen LogP contribution in [0.5, 0.6) is 0 Å². The van der Waals surface area contributed by atoms with E-state index in [9.17, 15) is 0 Å². The van der Waals surface area contributed by atoms with E-state index in [1.807, 2.05) is 0 Å². The molecule has 0 radical (unpaired) electrons. The molecular weight excluding hydrogens is 326 g/mol. The van der Waals surface area contributed by atoms with Crippen LogP contribution >= 0.6 is 15.9 Å². The van der Waals surface area contributed by atoms with Gasteiger partial charge in [0.25, 0.3) is 0 Å². The lowest BCUT2D eigenvalue weighted by Crippen LogP contribution is -2.44. The highest BCUT2D eigenvalue weighted by molar-refractivity contribution is 9.10. The quantitative estimate of drug-likeness (QED) is 0.908. The van der Waals surface area contributed by atoms with E-state index in [0.29, 0.717) is 0 Å². The molecule has 0 atom stereocenters. The summed E-state index contributed by atoms with van der Waals surface area (Å²) in [6.07, 6.45) is 5.11. The molecule has 0 aromatic heterocycles. The third-order valence-corrected chi connectivity index (χ3v) is 5.99. The first kappa shape index (κ1) is 15.3. The van der Waals surface area contributed by atoms with E-state index >= 15 is 0 Å². The van der Waals surface area contributed by atoms with Gasteiger partial charge in [0.05, 0.1) is 5.69 Å². The number of nitrogens with two attached hydrogens (primary N) is 1. The van der Waals surface area contributed by atoms with Gasteiger partial charge in [-0.1, -0.05) is 18.9 Å². The summed E-state index contributed by atoms with van der Waals surface area (Å²) in [6.45, 7) is 5.27. The topological polar surface area (TPSA) is 32.5 Å². The van der Waals surface area contributed by atoms with Gasteiger partial charge in [-0.3, -0.25) is 0 Å². The Hall–Kier alpha value is -0.580. The van der Waals surface area contributed by atoms with E-state index in [0.717, 1.165) is 32.7 Å². The first-order valence-electron chi connectivity index (χ1n) is 8.08. The molecule has 1 heterocycles. The van der Waals surface area contributed by atoms with Gasteiger partial charge in [-0.05, 0) is 53.5 Å². The summed E-state index contributed by atoms with van der Waals surface area (Å²) in [5, 5.41) is 0. The van der Waals surface area contributed by atoms with Crippen LogP contribution in [-0.2, 0) is 5.41 Å². The molecule has 3 rings (SSSR count). The Labute approximate surface area is 136 Å². The molecule has 2 aliphatic rings. The zero-order chi connectivity index (χ0) is 14.9. The molecule has 2 N–H and O–H groups in total. The highest BCUT2D eigenvalue weighted by Crippen LogP contribution is 2.42. The highest BCUT2D eigenvalue weighted by atomic mass is 79.9. The lowest BCUT2D eigenvalue weighted by atomic mass is 9.79. The lowest BCUT2D eigenvalue weighted by Gasteiger charge is -2.35. The van der Waals surface area contributed by atoms with Crippen LogP contribution in [0.15, 0.2) is 22.7 Å². The molecule has 1 aliphatic heterocycles. The molecule has 116 valence electrons. The third-order valence-electron chi connectivity index (χ3n) is 5.36. The van der Waals surface area contributed by atoms with Gasteiger partial charge in [0.2, 0.25) is 0 Å². The van der Waals surface area contributed by atoms with Gasteiger partial charge in [-0.2, -0.15) is 0 Å². The normalized spacial score (nSPS) is 22.7. The molecule has 0 bridgehead atoms. The second kappa shape index (κ2) is 6.27. The van der Waals surface area contributed by atoms with E-state index in [1.165, 1.54) is 41.4 Å². The van der Waals surface area contributed by atoms with Crippen LogP contribution in [0.25, 0.3) is 0 Å². The Bertz CT molecular complexity index is 489. The summed E-state index contributed by atoms with van der Waals surface area (Å²) in [7, 11) is 2.20. The van der Waals surface area contributed by atoms with Crippen LogP contribution < -0.4 is 10.6 Å². The van der Waals surface area contributed by atoms with Crippen LogP contribution in [0.1, 0.15) is 31.2 Å². The standard InChI is InChI=1S/C17H26BrN3/c1-20-8-10-21(11-9-20)16-5-4-14(12-15(16)18)17(13-19)6-2-3-7-17/h4-5,12H,2-3,6-11,13,19H2,1H3. The molecule has 4 heteroatoms. The van der Waals surface area contributed by atoms with Gasteiger partial charge >= 0.3 is 0 Å². The molecule has 1 saturated carbocycles. The maximum absolute atomic E-state index is 6.12. The minimum atomic E-state index is 0.225. The van der Waals surface area contributed by atoms with E-state index in [2.05, 4.69) is 51.0 Å². The fourth-order valence-corrected chi connectivity index (χ4v) is 4.43. The molecule has 3 nitrogen and oxygen atoms in total. The van der Waals surface area contributed by atoms with Crippen molar-refractivity contribution in [3.63, 3.8) is 0 Å². The van der Waals surface area contributed by atoms with Crippen molar-refractivity contribution in [1.29, 1.82) is 0 Å². The molecule has 1 aliphatic carbocycles. The van der Waals surface area contributed by atoms with Gasteiger partial charge < -0.3 is 15.5 Å². The summed E-state index contributed by atoms with van der Waals surface area (Å²) in [5.74, 6) is 0. The molecular formula is C17H26BrN3. The second-order valence-corrected chi connectivity index (χ2v) is 7.50. The van der Waals surface area contributed by atoms with Crippen molar-refractivity contribution in [2.24, 2.45) is 5.73 Å². The molecule has 1 aromatic rings. The Kier molecular flexibility index (Phi) is 4.57. The summed E-state index contributed by atoms with van der Waals surface area (Å²) in [6, 6.07) is 6.93. The molecule has 2 fully saturated rings. The Morgan fingerprint density at radius 2 is 1.81 bits per heavy atom. The molecule has 0 unspecified atom stereocenters. The van der Waals surface area contributed by atoms with Crippen LogP contribution in [0.4, 0.5) is 5.69 Å². The monoisotopic (exact) mass is 351 g/mol. The number of rotatable bonds is 3. The van der Waals surface area contributed by atoms with Crippen molar-refractivity contribution in [3.05, 3.63) is 28.2 Å². The van der Waals surface area contributed by atoms with Crippen molar-refractivity contribution in [2.45, 2.75) is 31.1 Å². The SMILES string of the molecule is CN1CCN(c2ccc(C3(CN)CCCC3)cc2Br)CC1. The van der Waals surface area contributed by atoms with Crippen LogP contribution in [-0.4, -0.2) is 44.7 Å². The van der Waals surface area contributed by atoms with Crippen molar-refractivity contribution in [2.75, 3.05) is 44.7 Å². The molecule has 21 heavy (non-hydrogen) atoms. The zero-order valence-electron chi connectivity index (χ0n) is 12.9. The van der Waals surface area contributed by atoms with E-state index in [-0.39, 0.29) is 5.41 Å². The molecule has 0 spiro atoms. The second-order valence-electron chi connectivity index (χ2n) is 6.65. The maximum atomic E-state index is 6.12. The first-order chi connectivity index (χ1) is 10.1. The van der Waals surface area contributed by atoms with Crippen molar-refractivity contribution in [1.82, 2.24) is 4.90 Å². The average molecular weight is 352 g/mol. The maximum Gasteiger partial charge on any atom is 0.0511 e. The Balaban J connectivity index is 1.83. The third kappa shape index (κ3) is 2.99. The number of nitrogens with zero attached hydrogens (tertiary/aromatic N) is 2. The number of piperazine rings is 1. The molecule has 1 saturated heterocycles. The first-order valence-corrected chi connectivity index (χ1v) is 8.87. The van der Waals surface area contributed by atoms with Crippen molar-refractivity contribution in [3.8, 4) is 0 Å². The number of likely N-dealkylation sites (N-methyl/N-ethyl adjacent to an activating group) is 1. The predicted molar refractivity (Wildman–Crippen MR) is 93.1 cm³/mol. The number of benzene rings is 1. The summed E-state index contributed by atoms with van der Waals surface area (Å²) < 4.78 is 1.23. The molecule has 0 amide bonds. The van der Waals surface area contributed by atoms with Gasteiger partial charge in [0, 0.05) is 42.6 Å². The summed E-state index contributed by atoms with van der Waals surface area (Å²) in [5.41, 5.74) is 9.10. The van der Waals surface area contributed by atoms with Crippen molar-refractivity contribution >= 4 is 21.6 Å². The largest absolute Gasteiger partial charge is 0.368 e. The summed E-state index contributed by atoms with van der Waals surface area (Å²) >= 11 is 3.80. The van der Waals surface area contributed by atoms with E-state index in [4.69, 9.17) is 5.73 Å². The zero-order valence-corrected chi connectivity index (χ0v) is 14.5. The van der Waals surface area contributed by atoms with E-state index < -0.39 is 0 Å². The minimum Gasteiger partial charge on any atom is -0.368 e. The Morgan fingerprint density at radius 3 is 2.38 bits per heavy atom. The average Bonchev–Trinajstić information content (AvgIpc) is 2.98. The number of hydrogen-bond acceptors (Lipinski definition) is 3. The lowest BCUT2D eigenvalue weighted by molar-refractivity contribution is 0.312. The van der Waals surface area contributed by atoms with Gasteiger partial charge in [-0.15, -0.1) is 0 Å². The predicted octanol–water partition coefficient (Wildman–Crippen LogP) is 2.97. The minimum absolute atomic E-state index is 0.225. The van der Waals surface area contributed by atoms with Crippen LogP contribution in [0, 0.1) is 0 Å². The fraction of sp³-hybridized carbons (Fsp3) is 0.647. The number of hydrogen-bond donors (Lipinski definition) is 1. The van der Waals surface area contributed by atoms with Crippen LogP contribution in [0.3, 0.4) is 0 Å². The van der Waals surface area contributed by atoms with Crippen molar-refractivity contribution < 1.29 is 0 Å². The van der Waals surface area contributed by atoms with Gasteiger partial charge in [0.15, 0.2) is 0 Å². The number of anilines is 1. The van der Waals surface area contributed by atoms with Gasteiger partial charge in [0.1, 0.15) is 0 Å². The summed E-state index contributed by atoms with van der Waals surface area (Å²) in [4.78, 5) is 4.87. The number of halogens is 1. The highest BCUT2D eigenvalue weighted by Gasteiger charge is 2.34.